The highest BCUT2D eigenvalue weighted by Gasteiger charge is 2.61. The summed E-state index contributed by atoms with van der Waals surface area (Å²) in [5.41, 5.74) is 2.58. The first kappa shape index (κ1) is 17.7. The Balaban J connectivity index is 1.33. The third-order valence-electron chi connectivity index (χ3n) is 5.81. The van der Waals surface area contributed by atoms with Gasteiger partial charge in [0, 0.05) is 30.1 Å². The number of nitrogens with one attached hydrogen (secondary N) is 1. The number of carbonyl (C=O) groups excluding carboxylic acids is 2. The van der Waals surface area contributed by atoms with Gasteiger partial charge in [0.25, 0.3) is 0 Å². The Labute approximate surface area is 158 Å². The normalized spacial score (nSPS) is 23.5. The van der Waals surface area contributed by atoms with E-state index in [9.17, 15) is 14.0 Å². The molecule has 2 aromatic rings. The number of halogens is 1. The molecule has 0 aromatic heterocycles. The van der Waals surface area contributed by atoms with E-state index < -0.39 is 0 Å². The molecule has 2 fully saturated rings. The van der Waals surface area contributed by atoms with Crippen molar-refractivity contribution in [1.29, 1.82) is 0 Å². The van der Waals surface area contributed by atoms with Crippen molar-refractivity contribution in [3.05, 3.63) is 65.5 Å². The highest BCUT2D eigenvalue weighted by atomic mass is 19.1. The number of likely N-dealkylation sites (tertiary alicyclic amines) is 1. The summed E-state index contributed by atoms with van der Waals surface area (Å²) in [5, 5.41) is 2.80. The van der Waals surface area contributed by atoms with Gasteiger partial charge in [-0.05, 0) is 43.5 Å². The van der Waals surface area contributed by atoms with Gasteiger partial charge in [-0.25, -0.2) is 4.39 Å². The molecular formula is C22H23FN2O2. The van der Waals surface area contributed by atoms with Crippen molar-refractivity contribution in [3.63, 3.8) is 0 Å². The lowest BCUT2D eigenvalue weighted by Crippen LogP contribution is -2.31. The number of hydrogen-bond donors (Lipinski definition) is 1. The van der Waals surface area contributed by atoms with Gasteiger partial charge >= 0.3 is 0 Å². The third-order valence-corrected chi connectivity index (χ3v) is 5.81. The lowest BCUT2D eigenvalue weighted by molar-refractivity contribution is -0.129. The molecule has 4 nitrogen and oxygen atoms in total. The Bertz CT molecular complexity index is 880. The number of anilines is 1. The summed E-state index contributed by atoms with van der Waals surface area (Å²) < 4.78 is 13.3. The van der Waals surface area contributed by atoms with Crippen LogP contribution in [0.4, 0.5) is 10.1 Å². The number of rotatable bonds is 4. The van der Waals surface area contributed by atoms with Gasteiger partial charge in [-0.2, -0.15) is 0 Å². The van der Waals surface area contributed by atoms with Crippen molar-refractivity contribution in [2.24, 2.45) is 11.3 Å². The van der Waals surface area contributed by atoms with Crippen LogP contribution in [0.3, 0.4) is 0 Å². The number of hydrogen-bond acceptors (Lipinski definition) is 2. The minimum atomic E-state index is -0.368. The van der Waals surface area contributed by atoms with Crippen molar-refractivity contribution in [2.45, 2.75) is 26.2 Å². The average Bonchev–Trinajstić information content (AvgIpc) is 3.17. The second kappa shape index (κ2) is 6.80. The molecule has 4 rings (SSSR count). The Morgan fingerprint density at radius 2 is 2.00 bits per heavy atom. The third kappa shape index (κ3) is 3.72. The minimum absolute atomic E-state index is 0.0755. The molecule has 1 aliphatic heterocycles. The molecule has 1 spiro atoms. The molecule has 1 N–H and O–H groups in total. The molecule has 1 aliphatic carbocycles. The first-order valence-electron chi connectivity index (χ1n) is 9.35. The topological polar surface area (TPSA) is 49.4 Å². The van der Waals surface area contributed by atoms with Crippen LogP contribution in [0.25, 0.3) is 0 Å². The fraction of sp³-hybridized carbons (Fsp3) is 0.364. The summed E-state index contributed by atoms with van der Waals surface area (Å²) in [5.74, 6) is -0.426. The van der Waals surface area contributed by atoms with Crippen LogP contribution in [0.5, 0.6) is 0 Å². The van der Waals surface area contributed by atoms with E-state index in [4.69, 9.17) is 0 Å². The average molecular weight is 366 g/mol. The highest BCUT2D eigenvalue weighted by molar-refractivity contribution is 5.95. The van der Waals surface area contributed by atoms with Crippen LogP contribution in [0.15, 0.2) is 48.5 Å². The first-order chi connectivity index (χ1) is 12.9. The van der Waals surface area contributed by atoms with Gasteiger partial charge < -0.3 is 10.2 Å². The molecule has 2 atom stereocenters. The molecule has 2 unspecified atom stereocenters. The largest absolute Gasteiger partial charge is 0.342 e. The molecule has 1 saturated heterocycles. The van der Waals surface area contributed by atoms with Crippen LogP contribution < -0.4 is 5.32 Å². The van der Waals surface area contributed by atoms with E-state index in [0.29, 0.717) is 25.2 Å². The van der Waals surface area contributed by atoms with E-state index in [2.05, 4.69) is 5.32 Å². The lowest BCUT2D eigenvalue weighted by atomic mass is 10.0. The Morgan fingerprint density at radius 1 is 1.22 bits per heavy atom. The van der Waals surface area contributed by atoms with Gasteiger partial charge in [-0.1, -0.05) is 35.9 Å². The molecule has 1 heterocycles. The zero-order chi connectivity index (χ0) is 19.0. The number of amides is 2. The molecule has 0 bridgehead atoms. The SMILES string of the molecule is Cc1ccc(CC(=O)N2CCC3(CC3C(=O)Nc3cccc(F)c3)C2)cc1. The number of carbonyl (C=O) groups is 2. The van der Waals surface area contributed by atoms with Crippen molar-refractivity contribution in [3.8, 4) is 0 Å². The number of nitrogens with zero attached hydrogens (tertiary/aromatic N) is 1. The number of aryl methyl sites for hydroxylation is 1. The molecule has 27 heavy (non-hydrogen) atoms. The zero-order valence-corrected chi connectivity index (χ0v) is 15.4. The van der Waals surface area contributed by atoms with Crippen molar-refractivity contribution in [2.75, 3.05) is 18.4 Å². The highest BCUT2D eigenvalue weighted by Crippen LogP contribution is 2.58. The van der Waals surface area contributed by atoms with Crippen LogP contribution in [-0.2, 0) is 16.0 Å². The molecule has 0 radical (unpaired) electrons. The molecule has 2 aliphatic rings. The van der Waals surface area contributed by atoms with E-state index in [1.54, 1.807) is 12.1 Å². The second-order valence-corrected chi connectivity index (χ2v) is 7.85. The van der Waals surface area contributed by atoms with Crippen LogP contribution >= 0.6 is 0 Å². The summed E-state index contributed by atoms with van der Waals surface area (Å²) in [6.07, 6.45) is 2.05. The van der Waals surface area contributed by atoms with E-state index in [1.807, 2.05) is 36.1 Å². The predicted molar refractivity (Wildman–Crippen MR) is 102 cm³/mol. The smallest absolute Gasteiger partial charge is 0.228 e. The van der Waals surface area contributed by atoms with E-state index in [-0.39, 0.29) is 29.0 Å². The van der Waals surface area contributed by atoms with Crippen LogP contribution in [0.1, 0.15) is 24.0 Å². The maximum Gasteiger partial charge on any atom is 0.228 e. The van der Waals surface area contributed by atoms with E-state index in [1.165, 1.54) is 17.7 Å². The standard InChI is InChI=1S/C22H23FN2O2/c1-15-5-7-16(8-6-15)11-20(26)25-10-9-22(14-25)13-19(22)21(27)24-18-4-2-3-17(23)12-18/h2-8,12,19H,9-11,13-14H2,1H3,(H,24,27). The molecular weight excluding hydrogens is 343 g/mol. The van der Waals surface area contributed by atoms with E-state index in [0.717, 1.165) is 18.4 Å². The van der Waals surface area contributed by atoms with Crippen molar-refractivity contribution >= 4 is 17.5 Å². The molecule has 2 amide bonds. The summed E-state index contributed by atoms with van der Waals surface area (Å²) in [7, 11) is 0. The maximum absolute atomic E-state index is 13.3. The summed E-state index contributed by atoms with van der Waals surface area (Å²) in [4.78, 5) is 27.0. The summed E-state index contributed by atoms with van der Waals surface area (Å²) in [6, 6.07) is 13.9. The monoisotopic (exact) mass is 366 g/mol. The minimum Gasteiger partial charge on any atom is -0.342 e. The van der Waals surface area contributed by atoms with Crippen LogP contribution in [0.2, 0.25) is 0 Å². The van der Waals surface area contributed by atoms with Gasteiger partial charge in [0.05, 0.1) is 6.42 Å². The lowest BCUT2D eigenvalue weighted by Gasteiger charge is -2.17. The Hall–Kier alpha value is -2.69. The fourth-order valence-electron chi connectivity index (χ4n) is 4.07. The van der Waals surface area contributed by atoms with Crippen LogP contribution in [-0.4, -0.2) is 29.8 Å². The summed E-state index contributed by atoms with van der Waals surface area (Å²) >= 11 is 0. The maximum atomic E-state index is 13.3. The quantitative estimate of drug-likeness (QED) is 0.900. The second-order valence-electron chi connectivity index (χ2n) is 7.85. The van der Waals surface area contributed by atoms with Gasteiger partial charge in [-0.15, -0.1) is 0 Å². The van der Waals surface area contributed by atoms with Gasteiger partial charge in [0.15, 0.2) is 0 Å². The van der Waals surface area contributed by atoms with Crippen molar-refractivity contribution in [1.82, 2.24) is 4.90 Å². The molecule has 1 saturated carbocycles. The molecule has 2 aromatic carbocycles. The van der Waals surface area contributed by atoms with Crippen molar-refractivity contribution < 1.29 is 14.0 Å². The fourth-order valence-corrected chi connectivity index (χ4v) is 4.07. The Morgan fingerprint density at radius 3 is 2.74 bits per heavy atom. The van der Waals surface area contributed by atoms with Gasteiger partial charge in [0.1, 0.15) is 5.82 Å². The van der Waals surface area contributed by atoms with Gasteiger partial charge in [-0.3, -0.25) is 9.59 Å². The molecule has 5 heteroatoms. The summed E-state index contributed by atoms with van der Waals surface area (Å²) in [6.45, 7) is 3.37. The van der Waals surface area contributed by atoms with Crippen LogP contribution in [0, 0.1) is 24.1 Å². The first-order valence-corrected chi connectivity index (χ1v) is 9.35. The molecule has 140 valence electrons. The van der Waals surface area contributed by atoms with E-state index >= 15 is 0 Å². The Kier molecular flexibility index (Phi) is 4.46. The zero-order valence-electron chi connectivity index (χ0n) is 15.4. The predicted octanol–water partition coefficient (Wildman–Crippen LogP) is 3.55. The van der Waals surface area contributed by atoms with Gasteiger partial charge in [0.2, 0.25) is 11.8 Å². The number of benzene rings is 2.